The Labute approximate surface area is 172 Å². The monoisotopic (exact) mass is 417 g/mol. The van der Waals surface area contributed by atoms with Gasteiger partial charge in [-0.05, 0) is 42.8 Å². The van der Waals surface area contributed by atoms with E-state index in [1.165, 1.54) is 19.1 Å². The van der Waals surface area contributed by atoms with Crippen molar-refractivity contribution in [3.63, 3.8) is 0 Å². The third kappa shape index (κ3) is 3.51. The van der Waals surface area contributed by atoms with Crippen LogP contribution in [0.3, 0.4) is 0 Å². The maximum atomic E-state index is 13.2. The highest BCUT2D eigenvalue weighted by Crippen LogP contribution is 2.38. The van der Waals surface area contributed by atoms with Crippen LogP contribution in [0.2, 0.25) is 10.0 Å². The Kier molecular flexibility index (Phi) is 5.77. The Morgan fingerprint density at radius 3 is 2.39 bits per heavy atom. The smallest absolute Gasteiger partial charge is 0.340 e. The molecule has 0 fully saturated rings. The number of halogens is 2. The Hall–Kier alpha value is -2.76. The quantitative estimate of drug-likeness (QED) is 0.525. The average molecular weight is 418 g/mol. The van der Waals surface area contributed by atoms with Crippen molar-refractivity contribution in [1.82, 2.24) is 0 Å². The first-order chi connectivity index (χ1) is 13.4. The van der Waals surface area contributed by atoms with Gasteiger partial charge in [0.15, 0.2) is 0 Å². The fourth-order valence-electron chi connectivity index (χ4n) is 3.03. The maximum absolute atomic E-state index is 13.2. The molecule has 0 atom stereocenters. The largest absolute Gasteiger partial charge is 0.495 e. The third-order valence-electron chi connectivity index (χ3n) is 4.39. The zero-order valence-electron chi connectivity index (χ0n) is 15.5. The zero-order valence-corrected chi connectivity index (χ0v) is 17.0. The molecule has 28 heavy (non-hydrogen) atoms. The second-order valence-electron chi connectivity index (χ2n) is 5.99. The first-order valence-electron chi connectivity index (χ1n) is 8.32. The minimum atomic E-state index is -0.605. The molecule has 7 heteroatoms. The fourth-order valence-corrected chi connectivity index (χ4v) is 3.48. The predicted molar refractivity (Wildman–Crippen MR) is 110 cm³/mol. The molecular weight excluding hydrogens is 401 g/mol. The zero-order chi connectivity index (χ0) is 20.4. The summed E-state index contributed by atoms with van der Waals surface area (Å²) in [6.45, 7) is 1.68. The van der Waals surface area contributed by atoms with E-state index in [1.54, 1.807) is 55.5 Å². The van der Waals surface area contributed by atoms with E-state index in [0.717, 1.165) is 0 Å². The van der Waals surface area contributed by atoms with E-state index in [0.29, 0.717) is 32.7 Å². The molecule has 5 nitrogen and oxygen atoms in total. The van der Waals surface area contributed by atoms with E-state index in [-0.39, 0.29) is 17.1 Å². The van der Waals surface area contributed by atoms with Crippen LogP contribution in [0.5, 0.6) is 5.75 Å². The molecule has 0 saturated heterocycles. The molecular formula is C21H17Cl2NO4. The number of anilines is 1. The summed E-state index contributed by atoms with van der Waals surface area (Å²) in [7, 11) is 2.78. The molecule has 0 spiro atoms. The number of rotatable bonds is 4. The molecule has 0 saturated carbocycles. The van der Waals surface area contributed by atoms with Gasteiger partial charge in [0, 0.05) is 10.7 Å². The van der Waals surface area contributed by atoms with Gasteiger partial charge in [0.25, 0.3) is 5.91 Å². The van der Waals surface area contributed by atoms with Crippen LogP contribution < -0.4 is 9.64 Å². The lowest BCUT2D eigenvalue weighted by atomic mass is 10.0. The van der Waals surface area contributed by atoms with Crippen LogP contribution in [0.25, 0.3) is 6.08 Å². The first kappa shape index (κ1) is 20.0. The number of carbonyl (C=O) groups excluding carboxylic acids is 2. The highest BCUT2D eigenvalue weighted by molar-refractivity contribution is 6.33. The lowest BCUT2D eigenvalue weighted by Crippen LogP contribution is -2.24. The lowest BCUT2D eigenvalue weighted by molar-refractivity contribution is -0.136. The van der Waals surface area contributed by atoms with E-state index in [9.17, 15) is 9.59 Å². The lowest BCUT2D eigenvalue weighted by Gasteiger charge is -2.19. The van der Waals surface area contributed by atoms with Crippen LogP contribution in [0, 0.1) is 0 Å². The number of hydrogen-bond acceptors (Lipinski definition) is 4. The van der Waals surface area contributed by atoms with E-state index >= 15 is 0 Å². The average Bonchev–Trinajstić information content (AvgIpc) is 2.92. The Morgan fingerprint density at radius 1 is 1.07 bits per heavy atom. The molecule has 0 bridgehead atoms. The van der Waals surface area contributed by atoms with Crippen LogP contribution in [-0.4, -0.2) is 26.1 Å². The molecule has 144 valence electrons. The van der Waals surface area contributed by atoms with E-state index in [2.05, 4.69) is 0 Å². The van der Waals surface area contributed by atoms with E-state index in [1.807, 2.05) is 0 Å². The number of methoxy groups -OCH3 is 2. The Bertz CT molecular complexity index is 1030. The molecule has 0 N–H and O–H groups in total. The second kappa shape index (κ2) is 8.09. The number of allylic oxidation sites excluding steroid dienone is 1. The van der Waals surface area contributed by atoms with Gasteiger partial charge in [0.2, 0.25) is 0 Å². The van der Waals surface area contributed by atoms with Crippen LogP contribution in [0.15, 0.2) is 59.3 Å². The summed E-state index contributed by atoms with van der Waals surface area (Å²) in [5.74, 6) is -0.496. The van der Waals surface area contributed by atoms with Crippen LogP contribution >= 0.6 is 23.2 Å². The predicted octanol–water partition coefficient (Wildman–Crippen LogP) is 4.88. The number of nitrogens with zero attached hydrogens (tertiary/aromatic N) is 1. The topological polar surface area (TPSA) is 55.8 Å². The van der Waals surface area contributed by atoms with Crippen molar-refractivity contribution in [1.29, 1.82) is 0 Å². The number of carbonyl (C=O) groups is 2. The molecule has 1 heterocycles. The van der Waals surface area contributed by atoms with Gasteiger partial charge in [-0.1, -0.05) is 41.4 Å². The van der Waals surface area contributed by atoms with Gasteiger partial charge < -0.3 is 9.47 Å². The molecule has 2 aromatic carbocycles. The van der Waals surface area contributed by atoms with Crippen molar-refractivity contribution < 1.29 is 19.1 Å². The SMILES string of the molecule is COC(=O)C1=C(C)N(c2ccc(OC)c(Cl)c2)C(=O)/C1=C\c1ccccc1Cl. The molecule has 0 unspecified atom stereocenters. The minimum Gasteiger partial charge on any atom is -0.495 e. The summed E-state index contributed by atoms with van der Waals surface area (Å²) in [5, 5.41) is 0.819. The summed E-state index contributed by atoms with van der Waals surface area (Å²) in [6.07, 6.45) is 1.59. The highest BCUT2D eigenvalue weighted by Gasteiger charge is 2.38. The normalized spacial score (nSPS) is 15.4. The summed E-state index contributed by atoms with van der Waals surface area (Å²) in [5.41, 5.74) is 1.95. The standard InChI is InChI=1S/C21H17Cl2NO4/c1-12-19(21(26)28-3)15(10-13-6-4-5-7-16(13)22)20(25)24(12)14-8-9-18(27-2)17(23)11-14/h4-11H,1-3H3/b15-10-. The van der Waals surface area contributed by atoms with Crippen molar-refractivity contribution in [2.75, 3.05) is 19.1 Å². The Balaban J connectivity index is 2.15. The van der Waals surface area contributed by atoms with Crippen molar-refractivity contribution >= 4 is 46.8 Å². The van der Waals surface area contributed by atoms with Gasteiger partial charge in [-0.15, -0.1) is 0 Å². The number of benzene rings is 2. The molecule has 1 aliphatic heterocycles. The number of esters is 1. The van der Waals surface area contributed by atoms with E-state index in [4.69, 9.17) is 32.7 Å². The summed E-state index contributed by atoms with van der Waals surface area (Å²) in [6, 6.07) is 12.0. The third-order valence-corrected chi connectivity index (χ3v) is 5.03. The van der Waals surface area contributed by atoms with Crippen molar-refractivity contribution in [2.45, 2.75) is 6.92 Å². The summed E-state index contributed by atoms with van der Waals surface area (Å²) >= 11 is 12.4. The molecule has 0 radical (unpaired) electrons. The molecule has 1 aliphatic rings. The molecule has 0 aromatic heterocycles. The second-order valence-corrected chi connectivity index (χ2v) is 6.81. The van der Waals surface area contributed by atoms with Crippen LogP contribution in [0.4, 0.5) is 5.69 Å². The molecule has 2 aromatic rings. The molecule has 1 amide bonds. The number of amides is 1. The van der Waals surface area contributed by atoms with Gasteiger partial charge in [0.05, 0.1) is 36.1 Å². The van der Waals surface area contributed by atoms with Gasteiger partial charge in [0.1, 0.15) is 5.75 Å². The Morgan fingerprint density at radius 2 is 1.79 bits per heavy atom. The minimum absolute atomic E-state index is 0.180. The van der Waals surface area contributed by atoms with Gasteiger partial charge >= 0.3 is 5.97 Å². The van der Waals surface area contributed by atoms with Gasteiger partial charge in [-0.2, -0.15) is 0 Å². The first-order valence-corrected chi connectivity index (χ1v) is 9.08. The molecule has 3 rings (SSSR count). The fraction of sp³-hybridized carbons (Fsp3) is 0.143. The van der Waals surface area contributed by atoms with Crippen molar-refractivity contribution in [3.8, 4) is 5.75 Å². The van der Waals surface area contributed by atoms with E-state index < -0.39 is 5.97 Å². The van der Waals surface area contributed by atoms with Gasteiger partial charge in [-0.25, -0.2) is 4.79 Å². The summed E-state index contributed by atoms with van der Waals surface area (Å²) < 4.78 is 10.1. The van der Waals surface area contributed by atoms with Gasteiger partial charge in [-0.3, -0.25) is 9.69 Å². The number of hydrogen-bond donors (Lipinski definition) is 0. The maximum Gasteiger partial charge on any atom is 0.340 e. The van der Waals surface area contributed by atoms with Crippen molar-refractivity contribution in [3.05, 3.63) is 74.9 Å². The van der Waals surface area contributed by atoms with Crippen molar-refractivity contribution in [2.24, 2.45) is 0 Å². The number of ether oxygens (including phenoxy) is 2. The molecule has 0 aliphatic carbocycles. The van der Waals surface area contributed by atoms with Crippen LogP contribution in [0.1, 0.15) is 12.5 Å². The highest BCUT2D eigenvalue weighted by atomic mass is 35.5. The van der Waals surface area contributed by atoms with Crippen LogP contribution in [-0.2, 0) is 14.3 Å². The summed E-state index contributed by atoms with van der Waals surface area (Å²) in [4.78, 5) is 27.1.